The molecule has 1 aliphatic rings. The van der Waals surface area contributed by atoms with Gasteiger partial charge in [0, 0.05) is 0 Å². The molecular weight excluding hydrogens is 176 g/mol. The zero-order chi connectivity index (χ0) is 10.6. The molecule has 2 N–H and O–H groups in total. The number of amides is 1. The third-order valence-electron chi connectivity index (χ3n) is 1.95. The van der Waals surface area contributed by atoms with Crippen molar-refractivity contribution >= 4 is 17.3 Å². The predicted octanol–water partition coefficient (Wildman–Crippen LogP) is 2.47. The molecule has 1 aromatic rings. The average Bonchev–Trinajstić information content (AvgIpc) is 2.23. The number of anilines is 2. The molecule has 1 aliphatic heterocycles. The molecule has 0 aromatic heterocycles. The Morgan fingerprint density at radius 2 is 1.71 bits per heavy atom. The van der Waals surface area contributed by atoms with Crippen LogP contribution in [0.5, 0.6) is 0 Å². The molecular formula is C11H16N2O. The maximum absolute atomic E-state index is 11.2. The van der Waals surface area contributed by atoms with Crippen molar-refractivity contribution in [3.05, 3.63) is 24.3 Å². The second-order valence-electron chi connectivity index (χ2n) is 2.90. The molecule has 0 aliphatic carbocycles. The number of fused-ring (bicyclic) bond motifs is 1. The molecule has 1 amide bonds. The van der Waals surface area contributed by atoms with Crippen LogP contribution >= 0.6 is 0 Å². The fourth-order valence-corrected chi connectivity index (χ4v) is 1.26. The van der Waals surface area contributed by atoms with Crippen LogP contribution in [0.25, 0.3) is 0 Å². The van der Waals surface area contributed by atoms with Gasteiger partial charge in [-0.25, -0.2) is 0 Å². The number of carbonyl (C=O) groups excluding carboxylic acids is 1. The summed E-state index contributed by atoms with van der Waals surface area (Å²) in [5, 5.41) is 5.91. The first-order valence-corrected chi connectivity index (χ1v) is 4.94. The van der Waals surface area contributed by atoms with Crippen LogP contribution in [0.15, 0.2) is 24.3 Å². The van der Waals surface area contributed by atoms with Crippen molar-refractivity contribution in [2.24, 2.45) is 0 Å². The summed E-state index contributed by atoms with van der Waals surface area (Å²) in [6, 6.07) is 7.53. The van der Waals surface area contributed by atoms with Crippen molar-refractivity contribution in [3.63, 3.8) is 0 Å². The van der Waals surface area contributed by atoms with Crippen LogP contribution in [0.1, 0.15) is 20.8 Å². The SMILES string of the molecule is CC.CC1Nc2ccccc2NC1=O. The molecule has 0 saturated carbocycles. The molecule has 1 aromatic carbocycles. The third-order valence-corrected chi connectivity index (χ3v) is 1.95. The summed E-state index contributed by atoms with van der Waals surface area (Å²) >= 11 is 0. The second kappa shape index (κ2) is 4.65. The average molecular weight is 192 g/mol. The first-order valence-electron chi connectivity index (χ1n) is 4.94. The van der Waals surface area contributed by atoms with Gasteiger partial charge in [0.25, 0.3) is 0 Å². The first kappa shape index (κ1) is 10.6. The molecule has 2 rings (SSSR count). The standard InChI is InChI=1S/C9H10N2O.C2H6/c1-6-9(12)11-8-5-3-2-4-7(8)10-6;1-2/h2-6,10H,1H3,(H,11,12);1-2H3. The highest BCUT2D eigenvalue weighted by molar-refractivity contribution is 6.02. The predicted molar refractivity (Wildman–Crippen MR) is 59.5 cm³/mol. The van der Waals surface area contributed by atoms with E-state index >= 15 is 0 Å². The van der Waals surface area contributed by atoms with E-state index in [1.165, 1.54) is 0 Å². The molecule has 1 atom stereocenters. The monoisotopic (exact) mass is 192 g/mol. The van der Waals surface area contributed by atoms with Crippen molar-refractivity contribution in [3.8, 4) is 0 Å². The van der Waals surface area contributed by atoms with E-state index < -0.39 is 0 Å². The molecule has 3 nitrogen and oxygen atoms in total. The minimum Gasteiger partial charge on any atom is -0.372 e. The fourth-order valence-electron chi connectivity index (χ4n) is 1.26. The summed E-state index contributed by atoms with van der Waals surface area (Å²) in [7, 11) is 0. The van der Waals surface area contributed by atoms with E-state index in [1.807, 2.05) is 45.0 Å². The van der Waals surface area contributed by atoms with Crippen molar-refractivity contribution < 1.29 is 4.79 Å². The van der Waals surface area contributed by atoms with Crippen LogP contribution in [-0.4, -0.2) is 11.9 Å². The fraction of sp³-hybridized carbons (Fsp3) is 0.364. The number of nitrogens with one attached hydrogen (secondary N) is 2. The number of rotatable bonds is 0. The minimum absolute atomic E-state index is 0.0219. The summed E-state index contributed by atoms with van der Waals surface area (Å²) in [6.07, 6.45) is 0. The number of para-hydroxylation sites is 2. The van der Waals surface area contributed by atoms with E-state index in [4.69, 9.17) is 0 Å². The van der Waals surface area contributed by atoms with Gasteiger partial charge in [-0.1, -0.05) is 26.0 Å². The highest BCUT2D eigenvalue weighted by atomic mass is 16.2. The summed E-state index contributed by atoms with van der Waals surface area (Å²) in [4.78, 5) is 11.2. The van der Waals surface area contributed by atoms with Crippen molar-refractivity contribution in [2.75, 3.05) is 10.6 Å². The van der Waals surface area contributed by atoms with E-state index in [1.54, 1.807) is 0 Å². The van der Waals surface area contributed by atoms with E-state index in [9.17, 15) is 4.79 Å². The Morgan fingerprint density at radius 3 is 2.36 bits per heavy atom. The number of hydrogen-bond donors (Lipinski definition) is 2. The highest BCUT2D eigenvalue weighted by Gasteiger charge is 2.19. The van der Waals surface area contributed by atoms with Crippen LogP contribution in [0.4, 0.5) is 11.4 Å². The van der Waals surface area contributed by atoms with Gasteiger partial charge in [-0.2, -0.15) is 0 Å². The lowest BCUT2D eigenvalue weighted by molar-refractivity contribution is -0.116. The molecule has 76 valence electrons. The Balaban J connectivity index is 0.000000461. The summed E-state index contributed by atoms with van der Waals surface area (Å²) < 4.78 is 0. The van der Waals surface area contributed by atoms with Crippen LogP contribution in [-0.2, 0) is 4.79 Å². The van der Waals surface area contributed by atoms with E-state index in [0.29, 0.717) is 0 Å². The second-order valence-corrected chi connectivity index (χ2v) is 2.90. The lowest BCUT2D eigenvalue weighted by atomic mass is 10.1. The van der Waals surface area contributed by atoms with Crippen molar-refractivity contribution in [1.82, 2.24) is 0 Å². The molecule has 0 saturated heterocycles. The Hall–Kier alpha value is -1.51. The van der Waals surface area contributed by atoms with Gasteiger partial charge in [0.15, 0.2) is 0 Å². The lowest BCUT2D eigenvalue weighted by Gasteiger charge is -2.23. The smallest absolute Gasteiger partial charge is 0.246 e. The van der Waals surface area contributed by atoms with Crippen molar-refractivity contribution in [1.29, 1.82) is 0 Å². The maximum Gasteiger partial charge on any atom is 0.246 e. The van der Waals surface area contributed by atoms with Crippen LogP contribution in [0.3, 0.4) is 0 Å². The van der Waals surface area contributed by atoms with Gasteiger partial charge in [-0.05, 0) is 19.1 Å². The van der Waals surface area contributed by atoms with Gasteiger partial charge in [-0.3, -0.25) is 4.79 Å². The van der Waals surface area contributed by atoms with Crippen LogP contribution < -0.4 is 10.6 Å². The number of carbonyl (C=O) groups is 1. The Labute approximate surface area is 84.5 Å². The summed E-state index contributed by atoms with van der Waals surface area (Å²) in [6.45, 7) is 5.84. The van der Waals surface area contributed by atoms with Crippen LogP contribution in [0, 0.1) is 0 Å². The van der Waals surface area contributed by atoms with Gasteiger partial charge < -0.3 is 10.6 Å². The highest BCUT2D eigenvalue weighted by Crippen LogP contribution is 2.25. The van der Waals surface area contributed by atoms with E-state index in [0.717, 1.165) is 11.4 Å². The number of benzene rings is 1. The largest absolute Gasteiger partial charge is 0.372 e. The summed E-state index contributed by atoms with van der Waals surface area (Å²) in [5.41, 5.74) is 1.85. The van der Waals surface area contributed by atoms with E-state index in [-0.39, 0.29) is 11.9 Å². The zero-order valence-corrected chi connectivity index (χ0v) is 8.79. The molecule has 3 heteroatoms. The normalized spacial score (nSPS) is 18.2. The molecule has 0 radical (unpaired) electrons. The number of hydrogen-bond acceptors (Lipinski definition) is 2. The van der Waals surface area contributed by atoms with Crippen molar-refractivity contribution in [2.45, 2.75) is 26.8 Å². The molecule has 0 bridgehead atoms. The van der Waals surface area contributed by atoms with Gasteiger partial charge in [-0.15, -0.1) is 0 Å². The third kappa shape index (κ3) is 2.05. The van der Waals surface area contributed by atoms with Gasteiger partial charge in [0.2, 0.25) is 5.91 Å². The van der Waals surface area contributed by atoms with Gasteiger partial charge in [0.05, 0.1) is 11.4 Å². The van der Waals surface area contributed by atoms with Crippen LogP contribution in [0.2, 0.25) is 0 Å². The Kier molecular flexibility index (Phi) is 3.51. The molecule has 0 fully saturated rings. The molecule has 1 heterocycles. The minimum atomic E-state index is -0.139. The lowest BCUT2D eigenvalue weighted by Crippen LogP contribution is -2.36. The molecule has 0 spiro atoms. The first-order chi connectivity index (χ1) is 6.77. The van der Waals surface area contributed by atoms with E-state index in [2.05, 4.69) is 10.6 Å². The quantitative estimate of drug-likeness (QED) is 0.663. The van der Waals surface area contributed by atoms with Gasteiger partial charge >= 0.3 is 0 Å². The zero-order valence-electron chi connectivity index (χ0n) is 8.79. The topological polar surface area (TPSA) is 41.1 Å². The molecule has 1 unspecified atom stereocenters. The Morgan fingerprint density at radius 1 is 1.14 bits per heavy atom. The summed E-state index contributed by atoms with van der Waals surface area (Å²) in [5.74, 6) is 0.0219. The molecule has 14 heavy (non-hydrogen) atoms. The maximum atomic E-state index is 11.2. The van der Waals surface area contributed by atoms with Gasteiger partial charge in [0.1, 0.15) is 6.04 Å². The Bertz CT molecular complexity index is 323.